The van der Waals surface area contributed by atoms with Crippen molar-refractivity contribution >= 4 is 38.8 Å². The fourth-order valence-corrected chi connectivity index (χ4v) is 4.36. The molecule has 0 saturated heterocycles. The molecule has 1 amide bonds. The van der Waals surface area contributed by atoms with Gasteiger partial charge in [-0.3, -0.25) is 4.79 Å². The van der Waals surface area contributed by atoms with E-state index in [1.54, 1.807) is 12.1 Å². The first-order valence-corrected chi connectivity index (χ1v) is 11.4. The van der Waals surface area contributed by atoms with Crippen LogP contribution in [0.4, 0.5) is 22.7 Å². The van der Waals surface area contributed by atoms with Gasteiger partial charge in [-0.2, -0.15) is 23.3 Å². The van der Waals surface area contributed by atoms with Crippen LogP contribution in [0.15, 0.2) is 59.7 Å². The van der Waals surface area contributed by atoms with Crippen LogP contribution in [0.3, 0.4) is 0 Å². The van der Waals surface area contributed by atoms with Gasteiger partial charge in [-0.05, 0) is 48.5 Å². The Morgan fingerprint density at radius 3 is 2.32 bits per heavy atom. The summed E-state index contributed by atoms with van der Waals surface area (Å²) in [5, 5.41) is 5.13. The highest BCUT2D eigenvalue weighted by Gasteiger charge is 2.32. The number of carbonyl (C=O) groups is 1. The van der Waals surface area contributed by atoms with Gasteiger partial charge in [-0.1, -0.05) is 17.4 Å². The molecule has 4 aromatic rings. The molecule has 3 aromatic carbocycles. The van der Waals surface area contributed by atoms with Crippen molar-refractivity contribution in [2.75, 3.05) is 26.3 Å². The molecule has 0 fully saturated rings. The normalized spacial score (nSPS) is 11.6. The van der Waals surface area contributed by atoms with Gasteiger partial charge in [0.2, 0.25) is 10.9 Å². The van der Waals surface area contributed by atoms with Crippen molar-refractivity contribution < 1.29 is 36.6 Å². The number of fused-ring (bicyclic) bond motifs is 1. The summed E-state index contributed by atoms with van der Waals surface area (Å²) >= 11 is 0.957. The molecule has 12 heteroatoms. The van der Waals surface area contributed by atoms with E-state index in [2.05, 4.69) is 10.1 Å². The first-order valence-electron chi connectivity index (χ1n) is 10.6. The summed E-state index contributed by atoms with van der Waals surface area (Å²) in [5.74, 6) is -0.370. The number of hydrogen-bond acceptors (Lipinski definition) is 7. The van der Waals surface area contributed by atoms with Crippen molar-refractivity contribution in [3.63, 3.8) is 0 Å². The van der Waals surface area contributed by atoms with Crippen LogP contribution in [0.25, 0.3) is 10.2 Å². The predicted octanol–water partition coefficient (Wildman–Crippen LogP) is 6.16. The highest BCUT2D eigenvalue weighted by atomic mass is 32.1. The molecule has 0 atom stereocenters. The number of anilines is 1. The highest BCUT2D eigenvalue weighted by Crippen LogP contribution is 2.38. The van der Waals surface area contributed by atoms with Crippen molar-refractivity contribution in [3.05, 3.63) is 77.1 Å². The minimum Gasteiger partial charge on any atom is -0.493 e. The van der Waals surface area contributed by atoms with Crippen LogP contribution in [0.2, 0.25) is 0 Å². The number of alkyl halides is 3. The second-order valence-corrected chi connectivity index (χ2v) is 8.52. The molecule has 37 heavy (non-hydrogen) atoms. The summed E-state index contributed by atoms with van der Waals surface area (Å²) in [6, 6.07) is 11.0. The zero-order chi connectivity index (χ0) is 26.7. The lowest BCUT2D eigenvalue weighted by Gasteiger charge is -2.16. The van der Waals surface area contributed by atoms with Crippen molar-refractivity contribution in [2.24, 2.45) is 5.10 Å². The number of thiazole rings is 1. The van der Waals surface area contributed by atoms with Crippen molar-refractivity contribution in [1.29, 1.82) is 0 Å². The predicted molar refractivity (Wildman–Crippen MR) is 132 cm³/mol. The first-order chi connectivity index (χ1) is 17.6. The number of hydrogen-bond donors (Lipinski definition) is 0. The fourth-order valence-electron chi connectivity index (χ4n) is 3.42. The summed E-state index contributed by atoms with van der Waals surface area (Å²) in [6.45, 7) is 0. The molecular formula is C25H19F4N3O4S. The molecule has 0 bridgehead atoms. The van der Waals surface area contributed by atoms with Gasteiger partial charge < -0.3 is 14.2 Å². The third-order valence-electron chi connectivity index (χ3n) is 5.16. The number of carbonyl (C=O) groups excluding carboxylic acids is 1. The lowest BCUT2D eigenvalue weighted by Crippen LogP contribution is -2.26. The van der Waals surface area contributed by atoms with E-state index in [4.69, 9.17) is 14.2 Å². The first kappa shape index (κ1) is 25.9. The second-order valence-electron chi connectivity index (χ2n) is 7.51. The number of rotatable bonds is 7. The molecule has 0 aliphatic carbocycles. The summed E-state index contributed by atoms with van der Waals surface area (Å²) < 4.78 is 69.9. The zero-order valence-corrected chi connectivity index (χ0v) is 20.5. The van der Waals surface area contributed by atoms with E-state index >= 15 is 0 Å². The third kappa shape index (κ3) is 5.48. The number of halogens is 4. The van der Waals surface area contributed by atoms with Gasteiger partial charge in [0.15, 0.2) is 11.5 Å². The van der Waals surface area contributed by atoms with E-state index in [1.807, 2.05) is 0 Å². The Balaban J connectivity index is 1.81. The van der Waals surface area contributed by atoms with Crippen LogP contribution in [0.5, 0.6) is 17.2 Å². The van der Waals surface area contributed by atoms with Gasteiger partial charge in [-0.15, -0.1) is 0 Å². The summed E-state index contributed by atoms with van der Waals surface area (Å²) in [6.07, 6.45) is -3.35. The standard InChI is InChI=1S/C25H19F4N3O4S/c1-34-19-9-14(10-20(35-2)22(19)36-3)13-30-32(24-31-18-8-7-17(26)12-21(18)37-24)23(33)15-5-4-6-16(11-15)25(27,28)29/h4-13H,1-3H3/b30-13+. The largest absolute Gasteiger partial charge is 0.493 e. The Bertz CT molecular complexity index is 1460. The molecule has 4 rings (SSSR count). The van der Waals surface area contributed by atoms with Crippen molar-refractivity contribution in [1.82, 2.24) is 4.98 Å². The number of methoxy groups -OCH3 is 3. The average molecular weight is 534 g/mol. The number of hydrazone groups is 1. The Labute approximate surface area is 212 Å². The van der Waals surface area contributed by atoms with E-state index in [-0.39, 0.29) is 10.7 Å². The van der Waals surface area contributed by atoms with E-state index in [0.717, 1.165) is 34.5 Å². The van der Waals surface area contributed by atoms with Crippen molar-refractivity contribution in [3.8, 4) is 17.2 Å². The van der Waals surface area contributed by atoms with Crippen LogP contribution in [-0.4, -0.2) is 38.4 Å². The van der Waals surface area contributed by atoms with Crippen molar-refractivity contribution in [2.45, 2.75) is 6.18 Å². The number of ether oxygens (including phenoxy) is 3. The van der Waals surface area contributed by atoms with E-state index in [0.29, 0.717) is 33.0 Å². The minimum atomic E-state index is -4.64. The molecule has 0 aliphatic rings. The maximum atomic E-state index is 13.7. The summed E-state index contributed by atoms with van der Waals surface area (Å²) in [5.41, 5.74) is -0.421. The van der Waals surface area contributed by atoms with Crippen LogP contribution in [0.1, 0.15) is 21.5 Å². The van der Waals surface area contributed by atoms with Crippen LogP contribution in [0, 0.1) is 5.82 Å². The van der Waals surface area contributed by atoms with Gasteiger partial charge in [0.1, 0.15) is 5.82 Å². The van der Waals surface area contributed by atoms with Crippen LogP contribution in [-0.2, 0) is 6.18 Å². The molecule has 1 aromatic heterocycles. The monoisotopic (exact) mass is 533 g/mol. The Morgan fingerprint density at radius 2 is 1.70 bits per heavy atom. The van der Waals surface area contributed by atoms with Gasteiger partial charge in [0.25, 0.3) is 5.91 Å². The minimum absolute atomic E-state index is 0.0340. The van der Waals surface area contributed by atoms with Gasteiger partial charge in [0, 0.05) is 11.1 Å². The molecule has 192 valence electrons. The topological polar surface area (TPSA) is 73.2 Å². The van der Waals surface area contributed by atoms with Crippen LogP contribution >= 0.6 is 11.3 Å². The van der Waals surface area contributed by atoms with Gasteiger partial charge in [-0.25, -0.2) is 9.37 Å². The Hall–Kier alpha value is -4.19. The third-order valence-corrected chi connectivity index (χ3v) is 6.15. The number of amides is 1. The lowest BCUT2D eigenvalue weighted by atomic mass is 10.1. The Kier molecular flexibility index (Phi) is 7.30. The molecule has 7 nitrogen and oxygen atoms in total. The molecule has 0 spiro atoms. The number of nitrogens with zero attached hydrogens (tertiary/aromatic N) is 3. The molecule has 0 aliphatic heterocycles. The highest BCUT2D eigenvalue weighted by molar-refractivity contribution is 7.22. The van der Waals surface area contributed by atoms with Gasteiger partial charge in [0.05, 0.1) is 43.3 Å². The van der Waals surface area contributed by atoms with E-state index < -0.39 is 23.5 Å². The SMILES string of the molecule is COc1cc(/C=N/N(C(=O)c2cccc(C(F)(F)F)c2)c2nc3ccc(F)cc3s2)cc(OC)c1OC. The fraction of sp³-hybridized carbons (Fsp3) is 0.160. The molecule has 0 saturated carbocycles. The molecule has 1 heterocycles. The smallest absolute Gasteiger partial charge is 0.416 e. The summed E-state index contributed by atoms with van der Waals surface area (Å²) in [4.78, 5) is 17.7. The molecule has 0 radical (unpaired) electrons. The molecule has 0 unspecified atom stereocenters. The maximum absolute atomic E-state index is 13.7. The number of aromatic nitrogens is 1. The average Bonchev–Trinajstić information content (AvgIpc) is 3.30. The maximum Gasteiger partial charge on any atom is 0.416 e. The summed E-state index contributed by atoms with van der Waals surface area (Å²) in [7, 11) is 4.31. The van der Waals surface area contributed by atoms with Crippen LogP contribution < -0.4 is 19.2 Å². The Morgan fingerprint density at radius 1 is 1.00 bits per heavy atom. The number of benzene rings is 3. The van der Waals surface area contributed by atoms with Gasteiger partial charge >= 0.3 is 6.18 Å². The molecule has 0 N–H and O–H groups in total. The molecular weight excluding hydrogens is 514 g/mol. The lowest BCUT2D eigenvalue weighted by molar-refractivity contribution is -0.137. The zero-order valence-electron chi connectivity index (χ0n) is 19.7. The second kappa shape index (κ2) is 10.4. The van der Waals surface area contributed by atoms with E-state index in [1.165, 1.54) is 51.8 Å². The quantitative estimate of drug-likeness (QED) is 0.162. The van der Waals surface area contributed by atoms with E-state index in [9.17, 15) is 22.4 Å².